The second-order valence-electron chi connectivity index (χ2n) is 5.41. The maximum absolute atomic E-state index is 6.36. The molecular formula is C16H20BrN3. The van der Waals surface area contributed by atoms with E-state index < -0.39 is 0 Å². The summed E-state index contributed by atoms with van der Waals surface area (Å²) in [5.74, 6) is 2.54. The molecule has 0 amide bonds. The third kappa shape index (κ3) is 2.26. The van der Waals surface area contributed by atoms with Crippen LogP contribution in [-0.2, 0) is 6.54 Å². The van der Waals surface area contributed by atoms with Crippen molar-refractivity contribution in [3.05, 3.63) is 34.6 Å². The van der Waals surface area contributed by atoms with Gasteiger partial charge in [-0.15, -0.1) is 0 Å². The fourth-order valence-electron chi connectivity index (χ4n) is 3.16. The summed E-state index contributed by atoms with van der Waals surface area (Å²) in [6, 6.07) is 8.15. The number of nitrogen functional groups attached to an aromatic ring is 1. The van der Waals surface area contributed by atoms with E-state index in [4.69, 9.17) is 10.7 Å². The van der Waals surface area contributed by atoms with Crippen molar-refractivity contribution >= 4 is 21.7 Å². The highest BCUT2D eigenvalue weighted by atomic mass is 79.9. The lowest BCUT2D eigenvalue weighted by molar-refractivity contribution is 0.604. The molecule has 1 saturated carbocycles. The van der Waals surface area contributed by atoms with Gasteiger partial charge in [-0.1, -0.05) is 47.0 Å². The van der Waals surface area contributed by atoms with Crippen molar-refractivity contribution < 1.29 is 0 Å². The molecule has 1 aliphatic carbocycles. The van der Waals surface area contributed by atoms with Gasteiger partial charge in [0.2, 0.25) is 0 Å². The minimum Gasteiger partial charge on any atom is -0.383 e. The van der Waals surface area contributed by atoms with Gasteiger partial charge in [-0.05, 0) is 25.8 Å². The molecule has 0 atom stereocenters. The second-order valence-corrected chi connectivity index (χ2v) is 6.26. The van der Waals surface area contributed by atoms with Gasteiger partial charge in [0.05, 0.1) is 0 Å². The van der Waals surface area contributed by atoms with Gasteiger partial charge >= 0.3 is 0 Å². The van der Waals surface area contributed by atoms with Gasteiger partial charge in [0.15, 0.2) is 0 Å². The van der Waals surface area contributed by atoms with Crippen molar-refractivity contribution in [3.8, 4) is 11.3 Å². The van der Waals surface area contributed by atoms with Crippen LogP contribution in [0.3, 0.4) is 0 Å². The first-order valence-electron chi connectivity index (χ1n) is 7.33. The van der Waals surface area contributed by atoms with E-state index >= 15 is 0 Å². The summed E-state index contributed by atoms with van der Waals surface area (Å²) in [6.45, 7) is 3.02. The van der Waals surface area contributed by atoms with Crippen molar-refractivity contribution in [2.45, 2.75) is 45.1 Å². The van der Waals surface area contributed by atoms with Crippen LogP contribution in [-0.4, -0.2) is 9.55 Å². The Kier molecular flexibility index (Phi) is 3.83. The molecule has 106 valence electrons. The molecule has 0 bridgehead atoms. The number of nitrogens with zero attached hydrogens (tertiary/aromatic N) is 2. The predicted molar refractivity (Wildman–Crippen MR) is 86.7 cm³/mol. The first kappa shape index (κ1) is 13.7. The molecule has 20 heavy (non-hydrogen) atoms. The van der Waals surface area contributed by atoms with Crippen molar-refractivity contribution in [1.29, 1.82) is 0 Å². The van der Waals surface area contributed by atoms with E-state index in [0.29, 0.717) is 5.92 Å². The highest BCUT2D eigenvalue weighted by molar-refractivity contribution is 9.10. The van der Waals surface area contributed by atoms with Gasteiger partial charge in [0, 0.05) is 22.5 Å². The van der Waals surface area contributed by atoms with Gasteiger partial charge in [-0.25, -0.2) is 4.98 Å². The number of hydrogen-bond donors (Lipinski definition) is 1. The molecule has 2 N–H and O–H groups in total. The van der Waals surface area contributed by atoms with E-state index in [1.165, 1.54) is 31.5 Å². The smallest absolute Gasteiger partial charge is 0.131 e. The fourth-order valence-corrected chi connectivity index (χ4v) is 3.64. The minimum atomic E-state index is 0.577. The fraction of sp³-hybridized carbons (Fsp3) is 0.438. The highest BCUT2D eigenvalue weighted by Gasteiger charge is 2.25. The van der Waals surface area contributed by atoms with Crippen LogP contribution in [0.2, 0.25) is 0 Å². The Balaban J connectivity index is 2.11. The minimum absolute atomic E-state index is 0.577. The quantitative estimate of drug-likeness (QED) is 0.893. The number of imidazole rings is 1. The summed E-state index contributed by atoms with van der Waals surface area (Å²) in [7, 11) is 0. The van der Waals surface area contributed by atoms with Crippen molar-refractivity contribution in [1.82, 2.24) is 9.55 Å². The average Bonchev–Trinajstić information content (AvgIpc) is 3.07. The number of halogens is 1. The normalized spacial score (nSPS) is 15.9. The molecule has 1 aromatic heterocycles. The van der Waals surface area contributed by atoms with Gasteiger partial charge in [-0.3, -0.25) is 0 Å². The Morgan fingerprint density at radius 1 is 1.30 bits per heavy atom. The Hall–Kier alpha value is -1.29. The van der Waals surface area contributed by atoms with Gasteiger partial charge in [-0.2, -0.15) is 0 Å². The second kappa shape index (κ2) is 5.60. The van der Waals surface area contributed by atoms with Crippen LogP contribution >= 0.6 is 15.9 Å². The molecule has 0 saturated heterocycles. The SMILES string of the molecule is CCn1c(C2CCCC2)nc(-c2ccccc2Br)c1N. The molecular weight excluding hydrogens is 314 g/mol. The number of rotatable bonds is 3. The molecule has 0 spiro atoms. The molecule has 1 aliphatic rings. The number of hydrogen-bond acceptors (Lipinski definition) is 2. The van der Waals surface area contributed by atoms with Crippen molar-refractivity contribution in [2.24, 2.45) is 0 Å². The summed E-state index contributed by atoms with van der Waals surface area (Å²) >= 11 is 3.60. The standard InChI is InChI=1S/C16H20BrN3/c1-2-20-15(18)14(12-9-5-6-10-13(12)17)19-16(20)11-7-3-4-8-11/h5-6,9-11H,2-4,7-8,18H2,1H3. The van der Waals surface area contributed by atoms with E-state index in [1.54, 1.807) is 0 Å². The molecule has 1 heterocycles. The zero-order valence-electron chi connectivity index (χ0n) is 11.8. The zero-order chi connectivity index (χ0) is 14.1. The van der Waals surface area contributed by atoms with Crippen LogP contribution in [0, 0.1) is 0 Å². The molecule has 0 radical (unpaired) electrons. The van der Waals surface area contributed by atoms with Crippen LogP contribution in [0.4, 0.5) is 5.82 Å². The van der Waals surface area contributed by atoms with Crippen LogP contribution in [0.15, 0.2) is 28.7 Å². The summed E-state index contributed by atoms with van der Waals surface area (Å²) in [5, 5.41) is 0. The third-order valence-corrected chi connectivity index (χ3v) is 4.89. The van der Waals surface area contributed by atoms with E-state index in [-0.39, 0.29) is 0 Å². The average molecular weight is 334 g/mol. The van der Waals surface area contributed by atoms with Gasteiger partial charge in [0.25, 0.3) is 0 Å². The first-order chi connectivity index (χ1) is 9.72. The maximum atomic E-state index is 6.36. The lowest BCUT2D eigenvalue weighted by Crippen LogP contribution is -2.08. The number of benzene rings is 1. The third-order valence-electron chi connectivity index (χ3n) is 4.20. The molecule has 2 aromatic rings. The van der Waals surface area contributed by atoms with Crippen molar-refractivity contribution in [3.63, 3.8) is 0 Å². The lowest BCUT2D eigenvalue weighted by Gasteiger charge is -2.11. The predicted octanol–water partition coefficient (Wildman–Crippen LogP) is 4.57. The Bertz CT molecular complexity index is 612. The monoisotopic (exact) mass is 333 g/mol. The van der Waals surface area contributed by atoms with Crippen molar-refractivity contribution in [2.75, 3.05) is 5.73 Å². The summed E-state index contributed by atoms with van der Waals surface area (Å²) < 4.78 is 3.23. The largest absolute Gasteiger partial charge is 0.383 e. The molecule has 4 heteroatoms. The number of anilines is 1. The molecule has 1 aromatic carbocycles. The van der Waals surface area contributed by atoms with E-state index in [0.717, 1.165) is 28.1 Å². The number of nitrogens with two attached hydrogens (primary N) is 1. The molecule has 1 fully saturated rings. The highest BCUT2D eigenvalue weighted by Crippen LogP contribution is 2.38. The maximum Gasteiger partial charge on any atom is 0.131 e. The summed E-state index contributed by atoms with van der Waals surface area (Å²) in [4.78, 5) is 4.90. The zero-order valence-corrected chi connectivity index (χ0v) is 13.4. The molecule has 3 nitrogen and oxygen atoms in total. The first-order valence-corrected chi connectivity index (χ1v) is 8.12. The molecule has 0 unspecified atom stereocenters. The molecule has 3 rings (SSSR count). The summed E-state index contributed by atoms with van der Waals surface area (Å²) in [5.41, 5.74) is 8.36. The van der Waals surface area contributed by atoms with Gasteiger partial charge in [0.1, 0.15) is 17.3 Å². The van der Waals surface area contributed by atoms with Crippen LogP contribution in [0.1, 0.15) is 44.3 Å². The lowest BCUT2D eigenvalue weighted by atomic mass is 10.1. The Morgan fingerprint density at radius 2 is 2.00 bits per heavy atom. The Labute approximate surface area is 128 Å². The topological polar surface area (TPSA) is 43.8 Å². The van der Waals surface area contributed by atoms with E-state index in [1.807, 2.05) is 18.2 Å². The summed E-state index contributed by atoms with van der Waals surface area (Å²) in [6.07, 6.45) is 5.11. The Morgan fingerprint density at radius 3 is 2.65 bits per heavy atom. The van der Waals surface area contributed by atoms with Crippen LogP contribution in [0.25, 0.3) is 11.3 Å². The van der Waals surface area contributed by atoms with E-state index in [2.05, 4.69) is 33.5 Å². The van der Waals surface area contributed by atoms with Crippen LogP contribution < -0.4 is 5.73 Å². The van der Waals surface area contributed by atoms with E-state index in [9.17, 15) is 0 Å². The number of aromatic nitrogens is 2. The molecule has 0 aliphatic heterocycles. The van der Waals surface area contributed by atoms with Gasteiger partial charge < -0.3 is 10.3 Å². The van der Waals surface area contributed by atoms with Crippen LogP contribution in [0.5, 0.6) is 0 Å².